The maximum Gasteiger partial charge on any atom is 0.257 e. The van der Waals surface area contributed by atoms with Gasteiger partial charge in [-0.15, -0.1) is 0 Å². The molecule has 4 rings (SSSR count). The van der Waals surface area contributed by atoms with Crippen LogP contribution in [0.5, 0.6) is 5.75 Å². The minimum atomic E-state index is -0.319. The fourth-order valence-electron chi connectivity index (χ4n) is 4.48. The van der Waals surface area contributed by atoms with Gasteiger partial charge in [-0.2, -0.15) is 0 Å². The lowest BCUT2D eigenvalue weighted by Gasteiger charge is -2.41. The highest BCUT2D eigenvalue weighted by atomic mass is 35.5. The van der Waals surface area contributed by atoms with Crippen LogP contribution in [-0.4, -0.2) is 22.9 Å². The third-order valence-electron chi connectivity index (χ3n) is 5.78. The maximum absolute atomic E-state index is 13.3. The van der Waals surface area contributed by atoms with E-state index in [0.29, 0.717) is 11.7 Å². The Bertz CT molecular complexity index is 842. The van der Waals surface area contributed by atoms with Crippen LogP contribution in [0.15, 0.2) is 30.3 Å². The quantitative estimate of drug-likeness (QED) is 0.724. The van der Waals surface area contributed by atoms with Crippen LogP contribution in [0.4, 0.5) is 0 Å². The number of carbonyl (C=O) groups excluding carboxylic acids is 1. The van der Waals surface area contributed by atoms with Crippen molar-refractivity contribution in [2.45, 2.75) is 51.1 Å². The summed E-state index contributed by atoms with van der Waals surface area (Å²) in [5.41, 5.74) is 3.35. The molecule has 136 valence electrons. The second-order valence-electron chi connectivity index (χ2n) is 7.32. The van der Waals surface area contributed by atoms with Crippen LogP contribution < -0.4 is 4.74 Å². The van der Waals surface area contributed by atoms with Gasteiger partial charge in [-0.05, 0) is 49.1 Å². The second kappa shape index (κ2) is 6.58. The van der Waals surface area contributed by atoms with E-state index in [1.54, 1.807) is 13.2 Å². The summed E-state index contributed by atoms with van der Waals surface area (Å²) < 4.78 is 5.24. The molecule has 1 aromatic heterocycles. The van der Waals surface area contributed by atoms with Gasteiger partial charge < -0.3 is 9.64 Å². The van der Waals surface area contributed by atoms with Crippen molar-refractivity contribution in [1.82, 2.24) is 9.88 Å². The number of carbonyl (C=O) groups is 1. The SMILES string of the molecule is COc1ccc(CN2C(=O)c3c(C)cc(Cl)nc3C23CCCCC3)cc1. The molecule has 0 unspecified atom stereocenters. The van der Waals surface area contributed by atoms with Crippen LogP contribution in [0.2, 0.25) is 5.15 Å². The normalized spacial score (nSPS) is 18.3. The summed E-state index contributed by atoms with van der Waals surface area (Å²) in [6.45, 7) is 2.54. The van der Waals surface area contributed by atoms with E-state index >= 15 is 0 Å². The predicted molar refractivity (Wildman–Crippen MR) is 102 cm³/mol. The zero-order valence-corrected chi connectivity index (χ0v) is 16.0. The Morgan fingerprint density at radius 2 is 1.88 bits per heavy atom. The number of amides is 1. The topological polar surface area (TPSA) is 42.4 Å². The van der Waals surface area contributed by atoms with Crippen molar-refractivity contribution in [1.29, 1.82) is 0 Å². The Morgan fingerprint density at radius 3 is 2.54 bits per heavy atom. The molecule has 5 heteroatoms. The van der Waals surface area contributed by atoms with E-state index in [0.717, 1.165) is 53.8 Å². The van der Waals surface area contributed by atoms with E-state index in [4.69, 9.17) is 16.3 Å². The number of rotatable bonds is 3. The number of fused-ring (bicyclic) bond motifs is 2. The monoisotopic (exact) mass is 370 g/mol. The number of aromatic nitrogens is 1. The highest BCUT2D eigenvalue weighted by Crippen LogP contribution is 2.49. The molecule has 1 aromatic carbocycles. The molecule has 2 aliphatic rings. The summed E-state index contributed by atoms with van der Waals surface area (Å²) in [6, 6.07) is 9.73. The van der Waals surface area contributed by atoms with Crippen molar-refractivity contribution in [3.63, 3.8) is 0 Å². The molecule has 2 aromatic rings. The van der Waals surface area contributed by atoms with E-state index in [9.17, 15) is 4.79 Å². The summed E-state index contributed by atoms with van der Waals surface area (Å²) in [5, 5.41) is 0.477. The summed E-state index contributed by atoms with van der Waals surface area (Å²) in [7, 11) is 1.66. The molecule has 26 heavy (non-hydrogen) atoms. The van der Waals surface area contributed by atoms with Crippen molar-refractivity contribution >= 4 is 17.5 Å². The third-order valence-corrected chi connectivity index (χ3v) is 5.98. The number of methoxy groups -OCH3 is 1. The first-order valence-electron chi connectivity index (χ1n) is 9.18. The Morgan fingerprint density at radius 1 is 1.19 bits per heavy atom. The fourth-order valence-corrected chi connectivity index (χ4v) is 4.72. The Balaban J connectivity index is 1.77. The molecule has 1 aliphatic carbocycles. The van der Waals surface area contributed by atoms with Crippen LogP contribution >= 0.6 is 11.6 Å². The number of hydrogen-bond donors (Lipinski definition) is 0. The standard InChI is InChI=1S/C21H23ClN2O2/c1-14-12-17(22)23-19-18(14)20(25)24(21(19)10-4-3-5-11-21)13-15-6-8-16(26-2)9-7-15/h6-9,12H,3-5,10-11,13H2,1-2H3. The fraction of sp³-hybridized carbons (Fsp3) is 0.429. The van der Waals surface area contributed by atoms with Gasteiger partial charge in [-0.1, -0.05) is 43.0 Å². The van der Waals surface area contributed by atoms with Gasteiger partial charge in [-0.25, -0.2) is 4.98 Å². The van der Waals surface area contributed by atoms with E-state index in [1.807, 2.05) is 36.1 Å². The number of hydrogen-bond acceptors (Lipinski definition) is 3. The zero-order valence-electron chi connectivity index (χ0n) is 15.2. The van der Waals surface area contributed by atoms with Gasteiger partial charge in [0.2, 0.25) is 0 Å². The van der Waals surface area contributed by atoms with Gasteiger partial charge in [0, 0.05) is 6.54 Å². The number of nitrogens with zero attached hydrogens (tertiary/aromatic N) is 2. The van der Waals surface area contributed by atoms with Crippen LogP contribution in [0, 0.1) is 6.92 Å². The molecular formula is C21H23ClN2O2. The lowest BCUT2D eigenvalue weighted by molar-refractivity contribution is 0.0375. The van der Waals surface area contributed by atoms with E-state index in [-0.39, 0.29) is 11.4 Å². The first kappa shape index (κ1) is 17.3. The van der Waals surface area contributed by atoms with Gasteiger partial charge >= 0.3 is 0 Å². The van der Waals surface area contributed by atoms with Gasteiger partial charge in [0.15, 0.2) is 0 Å². The Kier molecular flexibility index (Phi) is 4.39. The van der Waals surface area contributed by atoms with Gasteiger partial charge in [0.1, 0.15) is 10.9 Å². The lowest BCUT2D eigenvalue weighted by Crippen LogP contribution is -2.45. The van der Waals surface area contributed by atoms with Crippen molar-refractivity contribution in [2.24, 2.45) is 0 Å². The molecule has 1 saturated carbocycles. The summed E-state index contributed by atoms with van der Waals surface area (Å²) in [5.74, 6) is 0.904. The Hall–Kier alpha value is -2.07. The highest BCUT2D eigenvalue weighted by molar-refractivity contribution is 6.29. The molecule has 1 spiro atoms. The molecule has 0 N–H and O–H groups in total. The molecule has 2 heterocycles. The van der Waals surface area contributed by atoms with Crippen LogP contribution in [0.3, 0.4) is 0 Å². The van der Waals surface area contributed by atoms with Crippen molar-refractivity contribution in [3.8, 4) is 5.75 Å². The van der Waals surface area contributed by atoms with Crippen LogP contribution in [0.1, 0.15) is 59.3 Å². The largest absolute Gasteiger partial charge is 0.497 e. The summed E-state index contributed by atoms with van der Waals surface area (Å²) in [6.07, 6.45) is 5.34. The van der Waals surface area contributed by atoms with Crippen molar-refractivity contribution in [2.75, 3.05) is 7.11 Å². The van der Waals surface area contributed by atoms with E-state index in [2.05, 4.69) is 4.98 Å². The molecule has 0 atom stereocenters. The molecule has 4 nitrogen and oxygen atoms in total. The number of benzene rings is 1. The minimum Gasteiger partial charge on any atom is -0.497 e. The van der Waals surface area contributed by atoms with Gasteiger partial charge in [-0.3, -0.25) is 4.79 Å². The van der Waals surface area contributed by atoms with Gasteiger partial charge in [0.25, 0.3) is 5.91 Å². The number of halogens is 1. The zero-order chi connectivity index (χ0) is 18.3. The average Bonchev–Trinajstić information content (AvgIpc) is 2.86. The second-order valence-corrected chi connectivity index (χ2v) is 7.70. The molecule has 1 amide bonds. The molecule has 1 aliphatic heterocycles. The van der Waals surface area contributed by atoms with Crippen LogP contribution in [0.25, 0.3) is 0 Å². The van der Waals surface area contributed by atoms with Crippen molar-refractivity contribution in [3.05, 3.63) is 57.9 Å². The third kappa shape index (κ3) is 2.67. The smallest absolute Gasteiger partial charge is 0.257 e. The van der Waals surface area contributed by atoms with Gasteiger partial charge in [0.05, 0.1) is 23.9 Å². The molecule has 1 fully saturated rings. The van der Waals surface area contributed by atoms with E-state index in [1.165, 1.54) is 6.42 Å². The summed E-state index contributed by atoms with van der Waals surface area (Å²) in [4.78, 5) is 20.0. The summed E-state index contributed by atoms with van der Waals surface area (Å²) >= 11 is 6.27. The van der Waals surface area contributed by atoms with Crippen LogP contribution in [-0.2, 0) is 12.1 Å². The number of ether oxygens (including phenoxy) is 1. The first-order chi connectivity index (χ1) is 12.5. The predicted octanol–water partition coefficient (Wildman–Crippen LogP) is 4.87. The lowest BCUT2D eigenvalue weighted by atomic mass is 9.78. The number of pyridine rings is 1. The molecule has 0 saturated heterocycles. The molecule has 0 radical (unpaired) electrons. The highest BCUT2D eigenvalue weighted by Gasteiger charge is 2.51. The van der Waals surface area contributed by atoms with E-state index < -0.39 is 0 Å². The Labute approximate surface area is 159 Å². The number of aryl methyl sites for hydroxylation is 1. The average molecular weight is 371 g/mol. The minimum absolute atomic E-state index is 0.0828. The first-order valence-corrected chi connectivity index (χ1v) is 9.55. The maximum atomic E-state index is 13.3. The molecule has 0 bridgehead atoms. The van der Waals surface area contributed by atoms with Crippen molar-refractivity contribution < 1.29 is 9.53 Å². The molecular weight excluding hydrogens is 348 g/mol.